The van der Waals surface area contributed by atoms with Gasteiger partial charge in [0, 0.05) is 10.8 Å². The first-order chi connectivity index (χ1) is 7.53. The number of amides is 1. The van der Waals surface area contributed by atoms with Crippen LogP contribution in [-0.2, 0) is 11.2 Å². The number of alkyl halides is 1. The Morgan fingerprint density at radius 1 is 1.44 bits per heavy atom. The van der Waals surface area contributed by atoms with Crippen molar-refractivity contribution in [3.05, 3.63) is 23.8 Å². The molecular weight excluding hydrogens is 242 g/mol. The maximum atomic E-state index is 11.7. The number of thioether (sulfide) groups is 1. The van der Waals surface area contributed by atoms with E-state index in [0.29, 0.717) is 5.88 Å². The summed E-state index contributed by atoms with van der Waals surface area (Å²) < 4.78 is -0.396. The summed E-state index contributed by atoms with van der Waals surface area (Å²) in [4.78, 5) is 12.9. The van der Waals surface area contributed by atoms with Crippen molar-refractivity contribution in [2.24, 2.45) is 0 Å². The number of anilines is 1. The molecule has 0 unspecified atom stereocenters. The number of fused-ring (bicyclic) bond motifs is 1. The minimum Gasteiger partial charge on any atom is -0.324 e. The maximum Gasteiger partial charge on any atom is 0.240 e. The van der Waals surface area contributed by atoms with Gasteiger partial charge in [0.25, 0.3) is 0 Å². The largest absolute Gasteiger partial charge is 0.324 e. The predicted octanol–water partition coefficient (Wildman–Crippen LogP) is 3.29. The Hall–Kier alpha value is -0.670. The summed E-state index contributed by atoms with van der Waals surface area (Å²) >= 11 is 7.33. The minimum atomic E-state index is -0.396. The highest BCUT2D eigenvalue weighted by atomic mass is 35.5. The minimum absolute atomic E-state index is 0.0649. The molecule has 2 nitrogen and oxygen atoms in total. The van der Waals surface area contributed by atoms with Crippen LogP contribution in [0.25, 0.3) is 0 Å². The second kappa shape index (κ2) is 4.30. The molecule has 0 fully saturated rings. The van der Waals surface area contributed by atoms with Crippen LogP contribution in [0, 0.1) is 0 Å². The van der Waals surface area contributed by atoms with Gasteiger partial charge in [-0.15, -0.1) is 23.4 Å². The van der Waals surface area contributed by atoms with Gasteiger partial charge in [-0.3, -0.25) is 4.79 Å². The quantitative estimate of drug-likeness (QED) is 0.822. The number of nitrogens with one attached hydrogen (secondary N) is 1. The van der Waals surface area contributed by atoms with Gasteiger partial charge in [-0.25, -0.2) is 0 Å². The van der Waals surface area contributed by atoms with Gasteiger partial charge in [-0.2, -0.15) is 0 Å². The summed E-state index contributed by atoms with van der Waals surface area (Å²) in [5, 5.41) is 2.93. The molecule has 1 aliphatic heterocycles. The lowest BCUT2D eigenvalue weighted by Crippen LogP contribution is -2.37. The molecule has 1 aromatic carbocycles. The molecule has 2 rings (SSSR count). The molecule has 16 heavy (non-hydrogen) atoms. The van der Waals surface area contributed by atoms with Gasteiger partial charge < -0.3 is 5.32 Å². The Balaban J connectivity index is 2.34. The zero-order valence-electron chi connectivity index (χ0n) is 9.34. The summed E-state index contributed by atoms with van der Waals surface area (Å²) in [7, 11) is 0. The lowest BCUT2D eigenvalue weighted by molar-refractivity contribution is -0.117. The molecule has 1 amide bonds. The van der Waals surface area contributed by atoms with Gasteiger partial charge in [0.2, 0.25) is 5.91 Å². The fourth-order valence-corrected chi connectivity index (χ4v) is 2.96. The predicted molar refractivity (Wildman–Crippen MR) is 69.4 cm³/mol. The summed E-state index contributed by atoms with van der Waals surface area (Å²) in [6, 6.07) is 6.08. The van der Waals surface area contributed by atoms with Gasteiger partial charge in [0.1, 0.15) is 0 Å². The van der Waals surface area contributed by atoms with Gasteiger partial charge in [0.15, 0.2) is 0 Å². The van der Waals surface area contributed by atoms with Gasteiger partial charge in [0.05, 0.1) is 10.4 Å². The van der Waals surface area contributed by atoms with Gasteiger partial charge in [-0.1, -0.05) is 6.07 Å². The molecule has 0 radical (unpaired) electrons. The zero-order valence-corrected chi connectivity index (χ0v) is 10.9. The van der Waals surface area contributed by atoms with Crippen LogP contribution in [0.15, 0.2) is 23.1 Å². The molecule has 4 heteroatoms. The molecule has 0 saturated heterocycles. The standard InChI is InChI=1S/C12H14ClNOS/c1-12(2)11(15)14-9-4-3-8(5-6-13)7-10(9)16-12/h3-4,7H,5-6H2,1-2H3,(H,14,15). The van der Waals surface area contributed by atoms with E-state index < -0.39 is 4.75 Å². The highest BCUT2D eigenvalue weighted by molar-refractivity contribution is 8.01. The van der Waals surface area contributed by atoms with E-state index in [2.05, 4.69) is 11.4 Å². The fraction of sp³-hybridized carbons (Fsp3) is 0.417. The second-order valence-corrected chi connectivity index (χ2v) is 6.38. The van der Waals surface area contributed by atoms with Crippen LogP contribution >= 0.6 is 23.4 Å². The van der Waals surface area contributed by atoms with Crippen LogP contribution in [0.3, 0.4) is 0 Å². The number of benzene rings is 1. The number of hydrogen-bond acceptors (Lipinski definition) is 2. The third-order valence-electron chi connectivity index (χ3n) is 2.59. The third-order valence-corrected chi connectivity index (χ3v) is 4.03. The summed E-state index contributed by atoms with van der Waals surface area (Å²) in [6.07, 6.45) is 0.865. The van der Waals surface area contributed by atoms with Crippen molar-refractivity contribution >= 4 is 35.0 Å². The van der Waals surface area contributed by atoms with Crippen molar-refractivity contribution < 1.29 is 4.79 Å². The molecule has 1 heterocycles. The lowest BCUT2D eigenvalue weighted by atomic mass is 10.1. The zero-order chi connectivity index (χ0) is 11.8. The third kappa shape index (κ3) is 2.20. The van der Waals surface area contributed by atoms with Crippen molar-refractivity contribution in [3.63, 3.8) is 0 Å². The number of halogens is 1. The fourth-order valence-electron chi connectivity index (χ4n) is 1.61. The highest BCUT2D eigenvalue weighted by Gasteiger charge is 2.34. The summed E-state index contributed by atoms with van der Waals surface area (Å²) in [6.45, 7) is 3.87. The Bertz CT molecular complexity index is 431. The molecule has 0 aromatic heterocycles. The van der Waals surface area contributed by atoms with Crippen LogP contribution < -0.4 is 5.32 Å². The molecule has 0 bridgehead atoms. The first-order valence-corrected chi connectivity index (χ1v) is 6.57. The second-order valence-electron chi connectivity index (χ2n) is 4.34. The smallest absolute Gasteiger partial charge is 0.240 e. The molecule has 0 saturated carbocycles. The van der Waals surface area contributed by atoms with Crippen molar-refractivity contribution in [2.75, 3.05) is 11.2 Å². The molecule has 0 spiro atoms. The van der Waals surface area contributed by atoms with Crippen molar-refractivity contribution in [2.45, 2.75) is 29.9 Å². The van der Waals surface area contributed by atoms with E-state index in [4.69, 9.17) is 11.6 Å². The summed E-state index contributed by atoms with van der Waals surface area (Å²) in [5.74, 6) is 0.689. The number of carbonyl (C=O) groups excluding carboxylic acids is 1. The van der Waals surface area contributed by atoms with E-state index in [1.54, 1.807) is 11.8 Å². The van der Waals surface area contributed by atoms with E-state index in [9.17, 15) is 4.79 Å². The van der Waals surface area contributed by atoms with E-state index in [0.717, 1.165) is 17.0 Å². The van der Waals surface area contributed by atoms with Crippen molar-refractivity contribution in [1.29, 1.82) is 0 Å². The Morgan fingerprint density at radius 3 is 2.88 bits per heavy atom. The number of rotatable bonds is 2. The van der Waals surface area contributed by atoms with Crippen molar-refractivity contribution in [3.8, 4) is 0 Å². The van der Waals surface area contributed by atoms with E-state index in [1.807, 2.05) is 26.0 Å². The van der Waals surface area contributed by atoms with Crippen LogP contribution in [-0.4, -0.2) is 16.5 Å². The Morgan fingerprint density at radius 2 is 2.19 bits per heavy atom. The maximum absolute atomic E-state index is 11.7. The first-order valence-electron chi connectivity index (χ1n) is 5.22. The van der Waals surface area contributed by atoms with E-state index >= 15 is 0 Å². The van der Waals surface area contributed by atoms with Crippen LogP contribution in [0.2, 0.25) is 0 Å². The molecule has 86 valence electrons. The Kier molecular flexibility index (Phi) is 3.17. The first kappa shape index (κ1) is 11.8. The Labute approximate surface area is 105 Å². The molecule has 1 aromatic rings. The topological polar surface area (TPSA) is 29.1 Å². The average Bonchev–Trinajstić information content (AvgIpc) is 2.20. The molecule has 0 aliphatic carbocycles. The monoisotopic (exact) mass is 255 g/mol. The van der Waals surface area contributed by atoms with Crippen LogP contribution in [0.5, 0.6) is 0 Å². The van der Waals surface area contributed by atoms with Gasteiger partial charge in [-0.05, 0) is 38.0 Å². The summed E-state index contributed by atoms with van der Waals surface area (Å²) in [5.41, 5.74) is 2.13. The number of aryl methyl sites for hydroxylation is 1. The molecular formula is C12H14ClNOS. The molecule has 0 atom stereocenters. The van der Waals surface area contributed by atoms with E-state index in [1.165, 1.54) is 5.56 Å². The van der Waals surface area contributed by atoms with Crippen molar-refractivity contribution in [1.82, 2.24) is 0 Å². The van der Waals surface area contributed by atoms with Gasteiger partial charge >= 0.3 is 0 Å². The number of hydrogen-bond donors (Lipinski definition) is 1. The SMILES string of the molecule is CC1(C)Sc2cc(CCCl)ccc2NC1=O. The molecule has 1 aliphatic rings. The normalized spacial score (nSPS) is 17.8. The average molecular weight is 256 g/mol. The molecule has 1 N–H and O–H groups in total. The lowest BCUT2D eigenvalue weighted by Gasteiger charge is -2.30. The van der Waals surface area contributed by atoms with Crippen LogP contribution in [0.4, 0.5) is 5.69 Å². The van der Waals surface area contributed by atoms with Crippen LogP contribution in [0.1, 0.15) is 19.4 Å². The number of carbonyl (C=O) groups is 1. The van der Waals surface area contributed by atoms with E-state index in [-0.39, 0.29) is 5.91 Å². The highest BCUT2D eigenvalue weighted by Crippen LogP contribution is 2.42.